The summed E-state index contributed by atoms with van der Waals surface area (Å²) in [5.74, 6) is 0.548. The Morgan fingerprint density at radius 2 is 1.87 bits per heavy atom. The molecule has 1 atom stereocenters. The first-order valence-electron chi connectivity index (χ1n) is 5.40. The fraction of sp³-hybridized carbons (Fsp3) is 0.462. The lowest BCUT2D eigenvalue weighted by molar-refractivity contribution is -0.129. The summed E-state index contributed by atoms with van der Waals surface area (Å²) in [5.41, 5.74) is 1.26. The van der Waals surface area contributed by atoms with Gasteiger partial charge in [0.15, 0.2) is 0 Å². The van der Waals surface area contributed by atoms with E-state index in [9.17, 15) is 4.79 Å². The highest BCUT2D eigenvalue weighted by Crippen LogP contribution is 2.23. The van der Waals surface area contributed by atoms with E-state index >= 15 is 0 Å². The smallest absolute Gasteiger partial charge is 0.222 e. The molecule has 0 aliphatic rings. The molecule has 2 heteroatoms. The Morgan fingerprint density at radius 1 is 1.27 bits per heavy atom. The summed E-state index contributed by atoms with van der Waals surface area (Å²) in [6.45, 7) is 2.13. The van der Waals surface area contributed by atoms with Crippen LogP contribution in [0.4, 0.5) is 0 Å². The Morgan fingerprint density at radius 3 is 2.33 bits per heavy atom. The van der Waals surface area contributed by atoms with Gasteiger partial charge in [-0.05, 0) is 17.9 Å². The second-order valence-corrected chi connectivity index (χ2v) is 4.01. The lowest BCUT2D eigenvalue weighted by Crippen LogP contribution is -2.23. The molecule has 15 heavy (non-hydrogen) atoms. The Hall–Kier alpha value is -1.31. The van der Waals surface area contributed by atoms with Crippen molar-refractivity contribution in [2.24, 2.45) is 0 Å². The highest BCUT2D eigenvalue weighted by molar-refractivity contribution is 5.76. The molecular weight excluding hydrogens is 186 g/mol. The number of carbonyl (C=O) groups excluding carboxylic acids is 1. The lowest BCUT2D eigenvalue weighted by atomic mass is 9.93. The molecule has 1 rings (SSSR count). The summed E-state index contributed by atoms with van der Waals surface area (Å²) in [4.78, 5) is 13.3. The number of benzene rings is 1. The Bertz CT molecular complexity index is 306. The molecule has 0 N–H and O–H groups in total. The highest BCUT2D eigenvalue weighted by Gasteiger charge is 2.14. The molecule has 2 nitrogen and oxygen atoms in total. The summed E-state index contributed by atoms with van der Waals surface area (Å²) >= 11 is 0. The van der Waals surface area contributed by atoms with E-state index in [-0.39, 0.29) is 5.91 Å². The van der Waals surface area contributed by atoms with Crippen molar-refractivity contribution in [3.63, 3.8) is 0 Å². The van der Waals surface area contributed by atoms with Crippen LogP contribution in [0.3, 0.4) is 0 Å². The number of amides is 1. The monoisotopic (exact) mass is 205 g/mol. The third-order valence-corrected chi connectivity index (χ3v) is 2.68. The maximum absolute atomic E-state index is 11.6. The fourth-order valence-corrected chi connectivity index (χ4v) is 1.62. The van der Waals surface area contributed by atoms with Gasteiger partial charge >= 0.3 is 0 Å². The molecule has 0 fully saturated rings. The van der Waals surface area contributed by atoms with E-state index in [1.165, 1.54) is 5.56 Å². The SMILES string of the molecule is CC[C@@H](CC(=O)N(C)C)c1ccccc1. The third-order valence-electron chi connectivity index (χ3n) is 2.68. The molecule has 1 aromatic carbocycles. The summed E-state index contributed by atoms with van der Waals surface area (Å²) in [7, 11) is 3.61. The van der Waals surface area contributed by atoms with Gasteiger partial charge in [-0.3, -0.25) is 4.79 Å². The fourth-order valence-electron chi connectivity index (χ4n) is 1.62. The third kappa shape index (κ3) is 3.39. The molecular formula is C13H19NO. The molecule has 0 unspecified atom stereocenters. The maximum Gasteiger partial charge on any atom is 0.222 e. The van der Waals surface area contributed by atoms with E-state index in [0.29, 0.717) is 12.3 Å². The van der Waals surface area contributed by atoms with E-state index in [1.54, 1.807) is 19.0 Å². The van der Waals surface area contributed by atoms with Gasteiger partial charge in [0, 0.05) is 20.5 Å². The van der Waals surface area contributed by atoms with Crippen LogP contribution in [0.2, 0.25) is 0 Å². The van der Waals surface area contributed by atoms with Crippen LogP contribution in [0.25, 0.3) is 0 Å². The molecule has 1 aromatic rings. The molecule has 0 saturated carbocycles. The van der Waals surface area contributed by atoms with Crippen LogP contribution in [0.15, 0.2) is 30.3 Å². The Kier molecular flexibility index (Phi) is 4.35. The van der Waals surface area contributed by atoms with Crippen LogP contribution >= 0.6 is 0 Å². The molecule has 0 heterocycles. The van der Waals surface area contributed by atoms with Crippen LogP contribution in [-0.2, 0) is 4.79 Å². The largest absolute Gasteiger partial charge is 0.349 e. The average Bonchev–Trinajstić information content (AvgIpc) is 2.26. The lowest BCUT2D eigenvalue weighted by Gasteiger charge is -2.17. The molecule has 0 bridgehead atoms. The van der Waals surface area contributed by atoms with Gasteiger partial charge in [-0.15, -0.1) is 0 Å². The molecule has 0 aromatic heterocycles. The van der Waals surface area contributed by atoms with Crippen LogP contribution in [-0.4, -0.2) is 24.9 Å². The summed E-state index contributed by atoms with van der Waals surface area (Å²) in [5, 5.41) is 0. The topological polar surface area (TPSA) is 20.3 Å². The Labute approximate surface area is 91.9 Å². The zero-order valence-electron chi connectivity index (χ0n) is 9.73. The van der Waals surface area contributed by atoms with Crippen molar-refractivity contribution in [2.75, 3.05) is 14.1 Å². The number of hydrogen-bond donors (Lipinski definition) is 0. The van der Waals surface area contributed by atoms with Crippen molar-refractivity contribution in [3.05, 3.63) is 35.9 Å². The van der Waals surface area contributed by atoms with Crippen molar-refractivity contribution < 1.29 is 4.79 Å². The number of hydrogen-bond acceptors (Lipinski definition) is 1. The highest BCUT2D eigenvalue weighted by atomic mass is 16.2. The van der Waals surface area contributed by atoms with Crippen molar-refractivity contribution in [1.29, 1.82) is 0 Å². The average molecular weight is 205 g/mol. The van der Waals surface area contributed by atoms with Gasteiger partial charge in [-0.1, -0.05) is 37.3 Å². The van der Waals surface area contributed by atoms with Gasteiger partial charge in [-0.2, -0.15) is 0 Å². The normalized spacial score (nSPS) is 12.2. The minimum atomic E-state index is 0.200. The van der Waals surface area contributed by atoms with Gasteiger partial charge < -0.3 is 4.90 Å². The molecule has 82 valence electrons. The first-order chi connectivity index (χ1) is 7.15. The van der Waals surface area contributed by atoms with Crippen molar-refractivity contribution in [1.82, 2.24) is 4.90 Å². The van der Waals surface area contributed by atoms with Crippen molar-refractivity contribution >= 4 is 5.91 Å². The van der Waals surface area contributed by atoms with Crippen LogP contribution in [0, 0.1) is 0 Å². The number of rotatable bonds is 4. The van der Waals surface area contributed by atoms with Gasteiger partial charge in [0.1, 0.15) is 0 Å². The molecule has 0 radical (unpaired) electrons. The van der Waals surface area contributed by atoms with Gasteiger partial charge in [0.05, 0.1) is 0 Å². The minimum Gasteiger partial charge on any atom is -0.349 e. The number of carbonyl (C=O) groups is 1. The van der Waals surface area contributed by atoms with Crippen molar-refractivity contribution in [2.45, 2.75) is 25.7 Å². The van der Waals surface area contributed by atoms with E-state index in [1.807, 2.05) is 18.2 Å². The predicted octanol–water partition coefficient (Wildman–Crippen LogP) is 2.66. The standard InChI is InChI=1S/C13H19NO/c1-4-11(10-13(15)14(2)3)12-8-6-5-7-9-12/h5-9,11H,4,10H2,1-3H3/t11-/m0/s1. The van der Waals surface area contributed by atoms with Crippen LogP contribution in [0.1, 0.15) is 31.2 Å². The zero-order chi connectivity index (χ0) is 11.3. The Balaban J connectivity index is 2.69. The van der Waals surface area contributed by atoms with E-state index < -0.39 is 0 Å². The quantitative estimate of drug-likeness (QED) is 0.740. The zero-order valence-corrected chi connectivity index (χ0v) is 9.73. The first-order valence-corrected chi connectivity index (χ1v) is 5.40. The molecule has 1 amide bonds. The van der Waals surface area contributed by atoms with Gasteiger partial charge in [0.2, 0.25) is 5.91 Å². The summed E-state index contributed by atoms with van der Waals surface area (Å²) in [6, 6.07) is 10.2. The maximum atomic E-state index is 11.6. The predicted molar refractivity (Wildman–Crippen MR) is 62.8 cm³/mol. The van der Waals surface area contributed by atoms with Crippen LogP contribution in [0.5, 0.6) is 0 Å². The van der Waals surface area contributed by atoms with Crippen molar-refractivity contribution in [3.8, 4) is 0 Å². The second kappa shape index (κ2) is 5.54. The number of nitrogens with zero attached hydrogens (tertiary/aromatic N) is 1. The molecule has 0 saturated heterocycles. The molecule has 0 spiro atoms. The van der Waals surface area contributed by atoms with Crippen LogP contribution < -0.4 is 0 Å². The second-order valence-electron chi connectivity index (χ2n) is 4.01. The molecule has 0 aliphatic carbocycles. The summed E-state index contributed by atoms with van der Waals surface area (Å²) < 4.78 is 0. The first kappa shape index (κ1) is 11.8. The summed E-state index contributed by atoms with van der Waals surface area (Å²) in [6.07, 6.45) is 1.61. The van der Waals surface area contributed by atoms with E-state index in [4.69, 9.17) is 0 Å². The van der Waals surface area contributed by atoms with E-state index in [2.05, 4.69) is 19.1 Å². The van der Waals surface area contributed by atoms with E-state index in [0.717, 1.165) is 6.42 Å². The van der Waals surface area contributed by atoms with Gasteiger partial charge in [-0.25, -0.2) is 0 Å². The van der Waals surface area contributed by atoms with Gasteiger partial charge in [0.25, 0.3) is 0 Å². The minimum absolute atomic E-state index is 0.200. The molecule has 0 aliphatic heterocycles.